The zero-order valence-electron chi connectivity index (χ0n) is 16.9. The Bertz CT molecular complexity index is 994. The molecule has 0 spiro atoms. The van der Waals surface area contributed by atoms with Crippen molar-refractivity contribution in [1.82, 2.24) is 5.43 Å². The maximum atomic E-state index is 11.9. The number of nitrogens with one attached hydrogen (secondary N) is 2. The number of para-hydroxylation sites is 1. The molecule has 2 amide bonds. The van der Waals surface area contributed by atoms with Crippen molar-refractivity contribution in [2.45, 2.75) is 11.3 Å². The monoisotopic (exact) mass is 433 g/mol. The highest BCUT2D eigenvalue weighted by Gasteiger charge is 2.04. The molecule has 0 aliphatic carbocycles. The van der Waals surface area contributed by atoms with E-state index in [9.17, 15) is 9.59 Å². The highest BCUT2D eigenvalue weighted by Crippen LogP contribution is 2.17. The number of rotatable bonds is 10. The summed E-state index contributed by atoms with van der Waals surface area (Å²) in [7, 11) is 0. The van der Waals surface area contributed by atoms with E-state index in [0.29, 0.717) is 17.9 Å². The van der Waals surface area contributed by atoms with Gasteiger partial charge in [0.25, 0.3) is 5.91 Å². The lowest BCUT2D eigenvalue weighted by Gasteiger charge is -2.07. The zero-order chi connectivity index (χ0) is 21.7. The molecule has 0 aliphatic rings. The molecule has 2 N–H and O–H groups in total. The topological polar surface area (TPSA) is 79.8 Å². The second-order valence-electron chi connectivity index (χ2n) is 6.48. The van der Waals surface area contributed by atoms with Crippen LogP contribution in [0.15, 0.2) is 94.9 Å². The number of carbonyl (C=O) groups excluding carboxylic acids is 2. The van der Waals surface area contributed by atoms with Gasteiger partial charge >= 0.3 is 0 Å². The molecular weight excluding hydrogens is 410 g/mol. The molecule has 0 heterocycles. The Morgan fingerprint density at radius 3 is 2.26 bits per heavy atom. The fourth-order valence-corrected chi connectivity index (χ4v) is 3.40. The summed E-state index contributed by atoms with van der Waals surface area (Å²) >= 11 is 1.63. The number of ether oxygens (including phenoxy) is 1. The molecule has 6 nitrogen and oxygen atoms in total. The second-order valence-corrected chi connectivity index (χ2v) is 7.64. The van der Waals surface area contributed by atoms with Gasteiger partial charge in [-0.25, -0.2) is 5.43 Å². The van der Waals surface area contributed by atoms with Crippen LogP contribution in [0.2, 0.25) is 0 Å². The summed E-state index contributed by atoms with van der Waals surface area (Å²) in [6.45, 7) is -0.0839. The average molecular weight is 434 g/mol. The van der Waals surface area contributed by atoms with Crippen LogP contribution in [0.1, 0.15) is 12.0 Å². The smallest absolute Gasteiger partial charge is 0.262 e. The molecule has 0 bridgehead atoms. The maximum Gasteiger partial charge on any atom is 0.262 e. The lowest BCUT2D eigenvalue weighted by molar-refractivity contribution is -0.120. The predicted molar refractivity (Wildman–Crippen MR) is 125 cm³/mol. The van der Waals surface area contributed by atoms with Crippen molar-refractivity contribution in [3.63, 3.8) is 0 Å². The number of hydrogen-bond acceptors (Lipinski definition) is 5. The molecule has 0 saturated carbocycles. The number of nitrogens with zero attached hydrogens (tertiary/aromatic N) is 1. The van der Waals surface area contributed by atoms with E-state index in [1.165, 1.54) is 0 Å². The highest BCUT2D eigenvalue weighted by molar-refractivity contribution is 7.99. The number of hydrazone groups is 1. The highest BCUT2D eigenvalue weighted by atomic mass is 32.2. The van der Waals surface area contributed by atoms with E-state index in [1.54, 1.807) is 42.2 Å². The van der Waals surface area contributed by atoms with Crippen LogP contribution in [0.3, 0.4) is 0 Å². The van der Waals surface area contributed by atoms with Crippen molar-refractivity contribution in [3.8, 4) is 5.75 Å². The molecule has 0 unspecified atom stereocenters. The Balaban J connectivity index is 1.35. The average Bonchev–Trinajstić information content (AvgIpc) is 2.80. The Morgan fingerprint density at radius 2 is 1.55 bits per heavy atom. The fraction of sp³-hybridized carbons (Fsp3) is 0.125. The van der Waals surface area contributed by atoms with E-state index >= 15 is 0 Å². The van der Waals surface area contributed by atoms with Gasteiger partial charge in [0, 0.05) is 22.8 Å². The molecular formula is C24H23N3O3S. The third kappa shape index (κ3) is 8.36. The molecule has 0 aromatic heterocycles. The van der Waals surface area contributed by atoms with Crippen LogP contribution < -0.4 is 15.5 Å². The number of thioether (sulfide) groups is 1. The Hall–Kier alpha value is -3.58. The fourth-order valence-electron chi connectivity index (χ4n) is 2.53. The minimum atomic E-state index is -0.232. The van der Waals surface area contributed by atoms with Gasteiger partial charge in [-0.2, -0.15) is 5.10 Å². The minimum absolute atomic E-state index is 0.0839. The molecule has 0 atom stereocenters. The van der Waals surface area contributed by atoms with E-state index in [2.05, 4.69) is 15.8 Å². The molecule has 7 heteroatoms. The number of hydrogen-bond donors (Lipinski definition) is 2. The molecule has 0 aliphatic heterocycles. The van der Waals surface area contributed by atoms with Crippen LogP contribution in [-0.2, 0) is 9.59 Å². The van der Waals surface area contributed by atoms with E-state index < -0.39 is 0 Å². The van der Waals surface area contributed by atoms with Crippen molar-refractivity contribution in [1.29, 1.82) is 0 Å². The van der Waals surface area contributed by atoms with Crippen LogP contribution in [0, 0.1) is 0 Å². The first-order valence-corrected chi connectivity index (χ1v) is 10.7. The van der Waals surface area contributed by atoms with Gasteiger partial charge < -0.3 is 10.1 Å². The molecule has 3 rings (SSSR count). The van der Waals surface area contributed by atoms with Crippen molar-refractivity contribution in [2.24, 2.45) is 5.10 Å². The molecule has 0 fully saturated rings. The van der Waals surface area contributed by atoms with Crippen LogP contribution in [0.5, 0.6) is 5.75 Å². The Morgan fingerprint density at radius 1 is 0.871 bits per heavy atom. The standard InChI is InChI=1S/C24H23N3O3S/c28-23(15-16-31-22-9-5-2-6-10-22)27-25-17-19-11-13-21(14-12-19)30-18-24(29)26-20-7-3-1-4-8-20/h1-14,17H,15-16,18H2,(H,26,29)(H,27,28)/b25-17+. The summed E-state index contributed by atoms with van der Waals surface area (Å²) in [6.07, 6.45) is 1.95. The molecule has 3 aromatic carbocycles. The molecule has 0 radical (unpaired) electrons. The van der Waals surface area contributed by atoms with Crippen LogP contribution in [-0.4, -0.2) is 30.4 Å². The van der Waals surface area contributed by atoms with Gasteiger partial charge in [0.15, 0.2) is 6.61 Å². The van der Waals surface area contributed by atoms with Gasteiger partial charge in [-0.05, 0) is 54.1 Å². The van der Waals surface area contributed by atoms with Crippen LogP contribution in [0.25, 0.3) is 0 Å². The summed E-state index contributed by atoms with van der Waals surface area (Å²) in [5, 5.41) is 6.74. The van der Waals surface area contributed by atoms with Crippen molar-refractivity contribution < 1.29 is 14.3 Å². The summed E-state index contributed by atoms with van der Waals surface area (Å²) in [5.74, 6) is 0.895. The number of anilines is 1. The normalized spacial score (nSPS) is 10.6. The van der Waals surface area contributed by atoms with Crippen molar-refractivity contribution >= 4 is 35.5 Å². The molecule has 31 heavy (non-hydrogen) atoms. The number of carbonyl (C=O) groups is 2. The number of amides is 2. The Labute approximate surface area is 185 Å². The van der Waals surface area contributed by atoms with E-state index in [1.807, 2.05) is 60.7 Å². The predicted octanol–water partition coefficient (Wildman–Crippen LogP) is 4.34. The van der Waals surface area contributed by atoms with Crippen LogP contribution >= 0.6 is 11.8 Å². The van der Waals surface area contributed by atoms with Gasteiger partial charge in [0.05, 0.1) is 6.21 Å². The second kappa shape index (κ2) is 12.2. The SMILES string of the molecule is O=C(CCSc1ccccc1)N/N=C/c1ccc(OCC(=O)Nc2ccccc2)cc1. The first-order valence-electron chi connectivity index (χ1n) is 9.76. The molecule has 158 valence electrons. The largest absolute Gasteiger partial charge is 0.484 e. The van der Waals surface area contributed by atoms with Gasteiger partial charge in [-0.3, -0.25) is 9.59 Å². The first-order chi connectivity index (χ1) is 15.2. The third-order valence-electron chi connectivity index (χ3n) is 4.05. The third-order valence-corrected chi connectivity index (χ3v) is 5.07. The minimum Gasteiger partial charge on any atom is -0.484 e. The lowest BCUT2D eigenvalue weighted by Crippen LogP contribution is -2.20. The van der Waals surface area contributed by atoms with Gasteiger partial charge in [-0.15, -0.1) is 11.8 Å². The van der Waals surface area contributed by atoms with Gasteiger partial charge in [0.1, 0.15) is 5.75 Å². The Kier molecular flexibility index (Phi) is 8.70. The summed E-state index contributed by atoms with van der Waals surface area (Å²) in [4.78, 5) is 24.9. The van der Waals surface area contributed by atoms with E-state index in [4.69, 9.17) is 4.74 Å². The molecule has 0 saturated heterocycles. The van der Waals surface area contributed by atoms with Gasteiger partial charge in [-0.1, -0.05) is 36.4 Å². The summed E-state index contributed by atoms with van der Waals surface area (Å²) in [5.41, 5.74) is 4.06. The van der Waals surface area contributed by atoms with E-state index in [-0.39, 0.29) is 18.4 Å². The number of benzene rings is 3. The first kappa shape index (κ1) is 22.1. The quantitative estimate of drug-likeness (QED) is 0.283. The molecule has 3 aromatic rings. The lowest BCUT2D eigenvalue weighted by atomic mass is 10.2. The summed E-state index contributed by atoms with van der Waals surface area (Å²) < 4.78 is 5.49. The maximum absolute atomic E-state index is 11.9. The van der Waals surface area contributed by atoms with Gasteiger partial charge in [0.2, 0.25) is 5.91 Å². The van der Waals surface area contributed by atoms with Crippen LogP contribution in [0.4, 0.5) is 5.69 Å². The summed E-state index contributed by atoms with van der Waals surface area (Å²) in [6, 6.07) is 26.2. The van der Waals surface area contributed by atoms with E-state index in [0.717, 1.165) is 16.1 Å². The zero-order valence-corrected chi connectivity index (χ0v) is 17.7. The van der Waals surface area contributed by atoms with Crippen molar-refractivity contribution in [3.05, 3.63) is 90.5 Å². The van der Waals surface area contributed by atoms with Crippen molar-refractivity contribution in [2.75, 3.05) is 17.7 Å².